The molecule has 1 saturated carbocycles. The molecule has 0 heterocycles. The first-order valence-electron chi connectivity index (χ1n) is 10.1. The zero-order valence-electron chi connectivity index (χ0n) is 16.2. The molecule has 0 unspecified atom stereocenters. The predicted molar refractivity (Wildman–Crippen MR) is 108 cm³/mol. The maximum absolute atomic E-state index is 10.0. The van der Waals surface area contributed by atoms with Crippen LogP contribution in [0.4, 0.5) is 0 Å². The molecule has 140 valence electrons. The van der Waals surface area contributed by atoms with Crippen LogP contribution in [0.5, 0.6) is 11.5 Å². The van der Waals surface area contributed by atoms with Crippen molar-refractivity contribution in [1.82, 2.24) is 0 Å². The third-order valence-electron chi connectivity index (χ3n) is 6.21. The van der Waals surface area contributed by atoms with E-state index in [4.69, 9.17) is 0 Å². The molecule has 2 nitrogen and oxygen atoms in total. The lowest BCUT2D eigenvalue weighted by Crippen LogP contribution is -2.28. The molecule has 0 amide bonds. The Balaban J connectivity index is 2.11. The van der Waals surface area contributed by atoms with Gasteiger partial charge in [0.2, 0.25) is 0 Å². The summed E-state index contributed by atoms with van der Waals surface area (Å²) in [4.78, 5) is 0. The van der Waals surface area contributed by atoms with E-state index in [0.29, 0.717) is 11.5 Å². The average molecular weight is 353 g/mol. The van der Waals surface area contributed by atoms with Gasteiger partial charge in [0.1, 0.15) is 11.5 Å². The Bertz CT molecular complexity index is 684. The SMILES string of the molecule is Cc1cc(C2(c3ccc(O)c(C)c3)CCCCCCCCC2)ccc1O. The molecule has 0 aliphatic heterocycles. The second kappa shape index (κ2) is 8.16. The van der Waals surface area contributed by atoms with Crippen LogP contribution in [0.2, 0.25) is 0 Å². The molecule has 1 aliphatic rings. The van der Waals surface area contributed by atoms with Crippen LogP contribution in [0.15, 0.2) is 36.4 Å². The molecule has 0 atom stereocenters. The molecule has 3 rings (SSSR count). The van der Waals surface area contributed by atoms with Crippen molar-refractivity contribution in [3.63, 3.8) is 0 Å². The van der Waals surface area contributed by atoms with E-state index < -0.39 is 0 Å². The molecular weight excluding hydrogens is 320 g/mol. The first-order valence-corrected chi connectivity index (χ1v) is 10.1. The van der Waals surface area contributed by atoms with Gasteiger partial charge >= 0.3 is 0 Å². The predicted octanol–water partition coefficient (Wildman–Crippen LogP) is 6.53. The fourth-order valence-electron chi connectivity index (χ4n) is 4.51. The van der Waals surface area contributed by atoms with E-state index in [1.807, 2.05) is 26.0 Å². The van der Waals surface area contributed by atoms with Crippen molar-refractivity contribution in [3.8, 4) is 11.5 Å². The normalized spacial score (nSPS) is 18.4. The van der Waals surface area contributed by atoms with E-state index in [1.54, 1.807) is 0 Å². The number of aryl methyl sites for hydroxylation is 2. The van der Waals surface area contributed by atoms with Gasteiger partial charge in [0.15, 0.2) is 0 Å². The number of benzene rings is 2. The molecule has 0 aromatic heterocycles. The van der Waals surface area contributed by atoms with Crippen LogP contribution >= 0.6 is 0 Å². The number of phenols is 2. The quantitative estimate of drug-likeness (QED) is 0.645. The Morgan fingerprint density at radius 1 is 0.615 bits per heavy atom. The van der Waals surface area contributed by atoms with Crippen LogP contribution in [-0.4, -0.2) is 10.2 Å². The van der Waals surface area contributed by atoms with E-state index in [9.17, 15) is 10.2 Å². The molecule has 2 aromatic rings. The summed E-state index contributed by atoms with van der Waals surface area (Å²) in [5.41, 5.74) is 4.45. The highest BCUT2D eigenvalue weighted by Crippen LogP contribution is 2.44. The summed E-state index contributed by atoms with van der Waals surface area (Å²) in [6, 6.07) is 12.2. The summed E-state index contributed by atoms with van der Waals surface area (Å²) in [5, 5.41) is 20.1. The monoisotopic (exact) mass is 352 g/mol. The zero-order chi connectivity index (χ0) is 18.6. The molecule has 1 aliphatic carbocycles. The molecule has 0 saturated heterocycles. The summed E-state index contributed by atoms with van der Waals surface area (Å²) >= 11 is 0. The topological polar surface area (TPSA) is 40.5 Å². The third kappa shape index (κ3) is 3.90. The highest BCUT2D eigenvalue weighted by atomic mass is 16.3. The van der Waals surface area contributed by atoms with Crippen molar-refractivity contribution >= 4 is 0 Å². The second-order valence-corrected chi connectivity index (χ2v) is 8.06. The minimum absolute atomic E-state index is 0.0335. The maximum atomic E-state index is 10.0. The zero-order valence-corrected chi connectivity index (χ0v) is 16.2. The summed E-state index contributed by atoms with van der Waals surface area (Å²) in [5.74, 6) is 0.733. The lowest BCUT2D eigenvalue weighted by molar-refractivity contribution is 0.375. The summed E-state index contributed by atoms with van der Waals surface area (Å²) in [7, 11) is 0. The number of hydrogen-bond acceptors (Lipinski definition) is 2. The van der Waals surface area contributed by atoms with Crippen LogP contribution in [0.25, 0.3) is 0 Å². The highest BCUT2D eigenvalue weighted by molar-refractivity contribution is 5.47. The standard InChI is InChI=1S/C24H32O2/c1-18-16-20(10-12-22(18)25)24(21-11-13-23(26)19(2)17-21)14-8-6-4-3-5-7-9-15-24/h10-13,16-17,25-26H,3-9,14-15H2,1-2H3. The molecule has 0 bridgehead atoms. The van der Waals surface area contributed by atoms with Crippen molar-refractivity contribution in [3.05, 3.63) is 58.7 Å². The minimum Gasteiger partial charge on any atom is -0.508 e. The van der Waals surface area contributed by atoms with Crippen molar-refractivity contribution in [2.45, 2.75) is 77.0 Å². The minimum atomic E-state index is -0.0335. The van der Waals surface area contributed by atoms with Gasteiger partial charge in [-0.05, 0) is 61.1 Å². The molecule has 26 heavy (non-hydrogen) atoms. The first kappa shape index (κ1) is 18.8. The lowest BCUT2D eigenvalue weighted by Gasteiger charge is -2.37. The van der Waals surface area contributed by atoms with Crippen LogP contribution < -0.4 is 0 Å². The van der Waals surface area contributed by atoms with Gasteiger partial charge in [0, 0.05) is 5.41 Å². The number of phenolic OH excluding ortho intramolecular Hbond substituents is 2. The largest absolute Gasteiger partial charge is 0.508 e. The van der Waals surface area contributed by atoms with E-state index in [1.165, 1.54) is 56.1 Å². The van der Waals surface area contributed by atoms with Crippen molar-refractivity contribution in [2.75, 3.05) is 0 Å². The number of rotatable bonds is 2. The van der Waals surface area contributed by atoms with Crippen LogP contribution in [0.3, 0.4) is 0 Å². The molecule has 2 heteroatoms. The smallest absolute Gasteiger partial charge is 0.118 e. The summed E-state index contributed by atoms with van der Waals surface area (Å²) < 4.78 is 0. The van der Waals surface area contributed by atoms with Gasteiger partial charge in [-0.25, -0.2) is 0 Å². The molecule has 2 aromatic carbocycles. The van der Waals surface area contributed by atoms with Crippen LogP contribution in [0, 0.1) is 13.8 Å². The van der Waals surface area contributed by atoms with Crippen molar-refractivity contribution in [2.24, 2.45) is 0 Å². The fraction of sp³-hybridized carbons (Fsp3) is 0.500. The first-order chi connectivity index (χ1) is 12.5. The molecule has 1 fully saturated rings. The van der Waals surface area contributed by atoms with Gasteiger partial charge in [-0.3, -0.25) is 0 Å². The Labute approximate surface area is 157 Å². The second-order valence-electron chi connectivity index (χ2n) is 8.06. The molecule has 0 spiro atoms. The summed E-state index contributed by atoms with van der Waals surface area (Å²) in [6.07, 6.45) is 11.3. The van der Waals surface area contributed by atoms with Gasteiger partial charge in [0.05, 0.1) is 0 Å². The average Bonchev–Trinajstić information content (AvgIpc) is 2.64. The fourth-order valence-corrected chi connectivity index (χ4v) is 4.51. The van der Waals surface area contributed by atoms with Crippen LogP contribution in [-0.2, 0) is 5.41 Å². The van der Waals surface area contributed by atoms with Gasteiger partial charge in [-0.2, -0.15) is 0 Å². The van der Waals surface area contributed by atoms with Gasteiger partial charge < -0.3 is 10.2 Å². The van der Waals surface area contributed by atoms with Crippen molar-refractivity contribution < 1.29 is 10.2 Å². The van der Waals surface area contributed by atoms with Crippen molar-refractivity contribution in [1.29, 1.82) is 0 Å². The Morgan fingerprint density at radius 2 is 1.00 bits per heavy atom. The van der Waals surface area contributed by atoms with E-state index in [0.717, 1.165) is 24.0 Å². The summed E-state index contributed by atoms with van der Waals surface area (Å²) in [6.45, 7) is 3.96. The Kier molecular flexibility index (Phi) is 5.90. The van der Waals surface area contributed by atoms with E-state index >= 15 is 0 Å². The maximum Gasteiger partial charge on any atom is 0.118 e. The Morgan fingerprint density at radius 3 is 1.38 bits per heavy atom. The third-order valence-corrected chi connectivity index (χ3v) is 6.21. The number of hydrogen-bond donors (Lipinski definition) is 2. The molecular formula is C24H32O2. The molecule has 2 N–H and O–H groups in total. The van der Waals surface area contributed by atoms with E-state index in [2.05, 4.69) is 24.3 Å². The lowest BCUT2D eigenvalue weighted by atomic mass is 9.67. The van der Waals surface area contributed by atoms with Crippen LogP contribution in [0.1, 0.15) is 80.0 Å². The molecule has 0 radical (unpaired) electrons. The number of aromatic hydroxyl groups is 2. The van der Waals surface area contributed by atoms with Gasteiger partial charge in [-0.15, -0.1) is 0 Å². The van der Waals surface area contributed by atoms with Gasteiger partial charge in [0.25, 0.3) is 0 Å². The Hall–Kier alpha value is -1.96. The highest BCUT2D eigenvalue weighted by Gasteiger charge is 2.34. The van der Waals surface area contributed by atoms with E-state index in [-0.39, 0.29) is 5.41 Å². The van der Waals surface area contributed by atoms with Gasteiger partial charge in [-0.1, -0.05) is 69.2 Å².